The van der Waals surface area contributed by atoms with E-state index in [1.807, 2.05) is 22.6 Å². The van der Waals surface area contributed by atoms with Crippen molar-refractivity contribution in [1.82, 2.24) is 0 Å². The lowest BCUT2D eigenvalue weighted by molar-refractivity contribution is 1.48. The molecule has 42 valence electrons. The summed E-state index contributed by atoms with van der Waals surface area (Å²) in [7, 11) is -0.233. The zero-order chi connectivity index (χ0) is 5.70. The minimum Gasteiger partial charge on any atom is -0.171 e. The summed E-state index contributed by atoms with van der Waals surface area (Å²) in [5.74, 6) is 0. The van der Waals surface area contributed by atoms with Crippen molar-refractivity contribution in [2.24, 2.45) is 10.00 Å². The average molecular weight is 250 g/mol. The number of thiocarbonyl (C=S) groups is 1. The molecule has 0 radical (unpaired) electrons. The van der Waals surface area contributed by atoms with Crippen LogP contribution in [-0.4, -0.2) is 4.27 Å². The van der Waals surface area contributed by atoms with Gasteiger partial charge < -0.3 is 0 Å². The molecule has 0 aliphatic carbocycles. The summed E-state index contributed by atoms with van der Waals surface area (Å²) < 4.78 is 6.96. The quantitative estimate of drug-likeness (QED) is 0.175. The van der Waals surface area contributed by atoms with Crippen LogP contribution >= 0.6 is 44.1 Å². The van der Waals surface area contributed by atoms with Gasteiger partial charge >= 0.3 is 0 Å². The second-order valence-corrected chi connectivity index (χ2v) is 2.79. The minimum absolute atomic E-state index is 0. The molecular formula is C2H6IN2PS. The summed E-state index contributed by atoms with van der Waals surface area (Å²) in [6, 6.07) is 0. The van der Waals surface area contributed by atoms with E-state index >= 15 is 0 Å². The Hall–Kier alpha value is 0.850. The van der Waals surface area contributed by atoms with Crippen molar-refractivity contribution in [3.63, 3.8) is 0 Å². The Labute approximate surface area is 65.8 Å². The van der Waals surface area contributed by atoms with Gasteiger partial charge in [0.25, 0.3) is 0 Å². The normalized spacial score (nSPS) is 11.9. The number of hydrogen-bond acceptors (Lipinski definition) is 2. The summed E-state index contributed by atoms with van der Waals surface area (Å²) in [5, 5.41) is 3.41. The van der Waals surface area contributed by atoms with Crippen LogP contribution in [0.4, 0.5) is 0 Å². The van der Waals surface area contributed by atoms with E-state index in [0.29, 0.717) is 3.00 Å². The van der Waals surface area contributed by atoms with Gasteiger partial charge in [0.1, 0.15) is 0 Å². The third-order valence-electron chi connectivity index (χ3n) is 0.129. The monoisotopic (exact) mass is 250 g/mol. The molecule has 0 spiro atoms. The first-order valence-corrected chi connectivity index (χ1v) is 2.97. The third kappa shape index (κ3) is 10.9. The zero-order valence-electron chi connectivity index (χ0n) is 3.68. The van der Waals surface area contributed by atoms with E-state index in [9.17, 15) is 0 Å². The van der Waals surface area contributed by atoms with Gasteiger partial charge in [-0.1, -0.05) is 7.43 Å². The van der Waals surface area contributed by atoms with E-state index < -0.39 is 0 Å². The maximum atomic E-state index is 6.50. The van der Waals surface area contributed by atoms with Gasteiger partial charge in [0.05, 0.1) is 1.28 Å². The number of rotatable bonds is 1. The standard InChI is InChI=1S/CH2IN2PS.CH4/c2-1(6)3-4-5;/h5H2;1H4/i5T;. The summed E-state index contributed by atoms with van der Waals surface area (Å²) in [4.78, 5) is 3.34. The molecule has 0 amide bonds. The van der Waals surface area contributed by atoms with Crippen LogP contribution in [0.3, 0.4) is 0 Å². The molecule has 0 bridgehead atoms. The molecule has 0 rings (SSSR count). The van der Waals surface area contributed by atoms with Crippen LogP contribution in [0.2, 0.25) is 0 Å². The van der Waals surface area contributed by atoms with Crippen molar-refractivity contribution in [1.29, 1.82) is 1.28 Å². The molecule has 2 nitrogen and oxygen atoms in total. The Balaban J connectivity index is 0. The first kappa shape index (κ1) is 7.85. The van der Waals surface area contributed by atoms with Gasteiger partial charge in [0.2, 0.25) is 0 Å². The van der Waals surface area contributed by atoms with Crippen molar-refractivity contribution in [3.05, 3.63) is 0 Å². The molecule has 0 saturated heterocycles. The fraction of sp³-hybridized carbons (Fsp3) is 0.500. The Kier molecular flexibility index (Phi) is 7.68. The summed E-state index contributed by atoms with van der Waals surface area (Å²) >= 11 is 6.37. The van der Waals surface area contributed by atoms with E-state index in [4.69, 9.17) is 1.28 Å². The van der Waals surface area contributed by atoms with Gasteiger partial charge in [-0.25, -0.2) is 0 Å². The Morgan fingerprint density at radius 2 is 2.57 bits per heavy atom. The van der Waals surface area contributed by atoms with Crippen molar-refractivity contribution in [2.75, 3.05) is 0 Å². The molecule has 0 N–H and O–H groups in total. The highest BCUT2D eigenvalue weighted by Gasteiger charge is 1.73. The SMILES string of the molecule is C.[3H]PN=NC(=S)I. The molecule has 1 atom stereocenters. The lowest BCUT2D eigenvalue weighted by atomic mass is 11.5. The largest absolute Gasteiger partial charge is 0.186 e. The van der Waals surface area contributed by atoms with E-state index in [1.165, 1.54) is 0 Å². The Morgan fingerprint density at radius 1 is 2.00 bits per heavy atom. The highest BCUT2D eigenvalue weighted by molar-refractivity contribution is 14.1. The molecule has 0 aromatic heterocycles. The van der Waals surface area contributed by atoms with Crippen molar-refractivity contribution in [3.8, 4) is 0 Å². The summed E-state index contributed by atoms with van der Waals surface area (Å²) in [6.07, 6.45) is 0. The van der Waals surface area contributed by atoms with Crippen molar-refractivity contribution >= 4 is 47.1 Å². The Morgan fingerprint density at radius 3 is 2.71 bits per heavy atom. The smallest absolute Gasteiger partial charge is 0.171 e. The fourth-order valence-electron chi connectivity index (χ4n) is 0.0393. The molecule has 0 aromatic rings. The lowest BCUT2D eigenvalue weighted by Gasteiger charge is -1.69. The zero-order valence-corrected chi connectivity index (χ0v) is 6.65. The van der Waals surface area contributed by atoms with Crippen LogP contribution in [0, 0.1) is 0 Å². The molecule has 5 heteroatoms. The van der Waals surface area contributed by atoms with Gasteiger partial charge in [-0.2, -0.15) is 4.88 Å². The summed E-state index contributed by atoms with van der Waals surface area (Å²) in [6.45, 7) is 0. The van der Waals surface area contributed by atoms with Crippen LogP contribution in [0.1, 0.15) is 7.43 Å². The molecule has 0 heterocycles. The van der Waals surface area contributed by atoms with Crippen molar-refractivity contribution < 1.29 is 0 Å². The van der Waals surface area contributed by atoms with Gasteiger partial charge in [-0.3, -0.25) is 0 Å². The molecule has 0 saturated carbocycles. The second kappa shape index (κ2) is 6.85. The third-order valence-corrected chi connectivity index (χ3v) is 0.526. The number of halogens is 1. The van der Waals surface area contributed by atoms with Crippen LogP contribution < -0.4 is 0 Å². The molecule has 0 fully saturated rings. The van der Waals surface area contributed by atoms with E-state index in [1.54, 1.807) is 0 Å². The van der Waals surface area contributed by atoms with E-state index in [0.717, 1.165) is 0 Å². The van der Waals surface area contributed by atoms with Crippen LogP contribution in [0.15, 0.2) is 10.00 Å². The molecular weight excluding hydrogens is 242 g/mol. The molecule has 1 unspecified atom stereocenters. The Bertz CT molecular complexity index is 98.0. The molecule has 0 aromatic carbocycles. The highest BCUT2D eigenvalue weighted by Crippen LogP contribution is 1.94. The molecule has 0 aliphatic heterocycles. The number of hydrogen-bond donors (Lipinski definition) is 0. The fourth-order valence-corrected chi connectivity index (χ4v) is 0.564. The first-order chi connectivity index (χ1) is 3.27. The summed E-state index contributed by atoms with van der Waals surface area (Å²) in [5.41, 5.74) is 0. The second-order valence-electron chi connectivity index (χ2n) is 0.453. The van der Waals surface area contributed by atoms with Crippen LogP contribution in [-0.2, 0) is 0 Å². The van der Waals surface area contributed by atoms with Gasteiger partial charge in [-0.05, 0) is 34.8 Å². The minimum atomic E-state index is -0.233. The maximum Gasteiger partial charge on any atom is 0.186 e. The van der Waals surface area contributed by atoms with Gasteiger partial charge in [-0.15, -0.1) is 5.11 Å². The van der Waals surface area contributed by atoms with Gasteiger partial charge in [0, 0.05) is 9.34 Å². The molecule has 7 heavy (non-hydrogen) atoms. The predicted molar refractivity (Wildman–Crippen MR) is 47.9 cm³/mol. The van der Waals surface area contributed by atoms with E-state index in [-0.39, 0.29) is 16.8 Å². The predicted octanol–water partition coefficient (Wildman–Crippen LogP) is 2.58. The van der Waals surface area contributed by atoms with E-state index in [2.05, 4.69) is 22.2 Å². The topological polar surface area (TPSA) is 24.7 Å². The van der Waals surface area contributed by atoms with Gasteiger partial charge in [0.15, 0.2) is 3.00 Å². The van der Waals surface area contributed by atoms with Crippen molar-refractivity contribution in [2.45, 2.75) is 7.43 Å². The maximum absolute atomic E-state index is 6.50. The first-order valence-electron chi connectivity index (χ1n) is 1.54. The van der Waals surface area contributed by atoms with Crippen LogP contribution in [0.25, 0.3) is 0 Å². The lowest BCUT2D eigenvalue weighted by Crippen LogP contribution is -1.60. The number of nitrogens with zero attached hydrogens (tertiary/aromatic N) is 2. The van der Waals surface area contributed by atoms with Crippen LogP contribution in [0.5, 0.6) is 0 Å². The average Bonchev–Trinajstić information content (AvgIpc) is 1.61. The highest BCUT2D eigenvalue weighted by atomic mass is 127. The molecule has 0 aliphatic rings.